The number of amides is 1. The summed E-state index contributed by atoms with van der Waals surface area (Å²) in [6.45, 7) is 7.84. The number of esters is 1. The van der Waals surface area contributed by atoms with Crippen LogP contribution < -0.4 is 5.32 Å². The zero-order chi connectivity index (χ0) is 18.6. The maximum Gasteiger partial charge on any atom is 0.338 e. The Hall–Kier alpha value is -2.33. The van der Waals surface area contributed by atoms with Gasteiger partial charge in [0.15, 0.2) is 6.10 Å². The van der Waals surface area contributed by atoms with Crippen LogP contribution in [0, 0.1) is 0 Å². The minimum atomic E-state index is -0.912. The molecule has 0 aromatic heterocycles. The van der Waals surface area contributed by atoms with E-state index in [1.54, 1.807) is 36.4 Å². The van der Waals surface area contributed by atoms with Crippen LogP contribution in [-0.2, 0) is 14.9 Å². The van der Waals surface area contributed by atoms with Crippen molar-refractivity contribution in [2.75, 3.05) is 5.32 Å². The molecule has 0 heterocycles. The molecular formula is C20H22ClNO3. The topological polar surface area (TPSA) is 55.4 Å². The lowest BCUT2D eigenvalue weighted by molar-refractivity contribution is -0.123. The number of nitrogens with one attached hydrogen (secondary N) is 1. The van der Waals surface area contributed by atoms with E-state index >= 15 is 0 Å². The van der Waals surface area contributed by atoms with Crippen molar-refractivity contribution in [3.63, 3.8) is 0 Å². The van der Waals surface area contributed by atoms with Gasteiger partial charge in [-0.2, -0.15) is 0 Å². The van der Waals surface area contributed by atoms with Gasteiger partial charge in [-0.05, 0) is 54.3 Å². The summed E-state index contributed by atoms with van der Waals surface area (Å²) in [7, 11) is 0. The maximum atomic E-state index is 12.2. The van der Waals surface area contributed by atoms with E-state index < -0.39 is 18.0 Å². The van der Waals surface area contributed by atoms with Gasteiger partial charge in [0.05, 0.1) is 5.56 Å². The number of halogens is 1. The van der Waals surface area contributed by atoms with E-state index in [0.29, 0.717) is 16.3 Å². The first-order chi connectivity index (χ1) is 11.7. The van der Waals surface area contributed by atoms with E-state index in [-0.39, 0.29) is 5.41 Å². The van der Waals surface area contributed by atoms with Gasteiger partial charge in [0.1, 0.15) is 0 Å². The number of hydrogen-bond donors (Lipinski definition) is 1. The second-order valence-corrected chi connectivity index (χ2v) is 7.31. The Morgan fingerprint density at radius 1 is 1.00 bits per heavy atom. The molecule has 0 spiro atoms. The highest BCUT2D eigenvalue weighted by Crippen LogP contribution is 2.22. The van der Waals surface area contributed by atoms with E-state index in [0.717, 1.165) is 5.56 Å². The zero-order valence-electron chi connectivity index (χ0n) is 14.8. The molecule has 4 nitrogen and oxygen atoms in total. The molecule has 1 atom stereocenters. The van der Waals surface area contributed by atoms with Crippen LogP contribution in [-0.4, -0.2) is 18.0 Å². The van der Waals surface area contributed by atoms with Gasteiger partial charge in [-0.1, -0.05) is 44.5 Å². The molecule has 2 aromatic rings. The minimum absolute atomic E-state index is 0.00813. The molecule has 0 bridgehead atoms. The first-order valence-electron chi connectivity index (χ1n) is 8.05. The van der Waals surface area contributed by atoms with Crippen molar-refractivity contribution in [3.8, 4) is 0 Å². The Kier molecular flexibility index (Phi) is 5.85. The third-order valence-corrected chi connectivity index (χ3v) is 4.00. The lowest BCUT2D eigenvalue weighted by Gasteiger charge is -2.19. The maximum absolute atomic E-state index is 12.2. The smallest absolute Gasteiger partial charge is 0.338 e. The molecular weight excluding hydrogens is 338 g/mol. The van der Waals surface area contributed by atoms with Crippen LogP contribution in [0.15, 0.2) is 48.5 Å². The van der Waals surface area contributed by atoms with Crippen LogP contribution in [0.3, 0.4) is 0 Å². The first-order valence-corrected chi connectivity index (χ1v) is 8.42. The Bertz CT molecular complexity index is 746. The average molecular weight is 360 g/mol. The van der Waals surface area contributed by atoms with Gasteiger partial charge in [0.2, 0.25) is 0 Å². The normalized spacial score (nSPS) is 12.4. The number of carbonyl (C=O) groups is 2. The number of ether oxygens (including phenoxy) is 1. The highest BCUT2D eigenvalue weighted by molar-refractivity contribution is 6.30. The molecule has 0 unspecified atom stereocenters. The Balaban J connectivity index is 1.97. The Morgan fingerprint density at radius 3 is 2.08 bits per heavy atom. The van der Waals surface area contributed by atoms with Crippen LogP contribution in [0.1, 0.15) is 43.6 Å². The summed E-state index contributed by atoms with van der Waals surface area (Å²) in [6, 6.07) is 13.9. The van der Waals surface area contributed by atoms with Crippen LogP contribution in [0.4, 0.5) is 5.69 Å². The molecule has 0 fully saturated rings. The summed E-state index contributed by atoms with van der Waals surface area (Å²) >= 11 is 5.80. The van der Waals surface area contributed by atoms with Crippen LogP contribution in [0.2, 0.25) is 5.02 Å². The first kappa shape index (κ1) is 19.0. The van der Waals surface area contributed by atoms with Crippen molar-refractivity contribution in [1.29, 1.82) is 0 Å². The third kappa shape index (κ3) is 5.33. The monoisotopic (exact) mass is 359 g/mol. The molecule has 0 aliphatic rings. The highest BCUT2D eigenvalue weighted by Gasteiger charge is 2.20. The fourth-order valence-electron chi connectivity index (χ4n) is 2.17. The summed E-state index contributed by atoms with van der Waals surface area (Å²) in [5, 5.41) is 3.26. The molecule has 0 saturated heterocycles. The minimum Gasteiger partial charge on any atom is -0.449 e. The summed E-state index contributed by atoms with van der Waals surface area (Å²) < 4.78 is 5.24. The molecule has 2 rings (SSSR count). The van der Waals surface area contributed by atoms with Gasteiger partial charge in [-0.25, -0.2) is 4.79 Å². The lowest BCUT2D eigenvalue weighted by atomic mass is 9.87. The van der Waals surface area contributed by atoms with Crippen molar-refractivity contribution in [2.45, 2.75) is 39.2 Å². The van der Waals surface area contributed by atoms with E-state index in [4.69, 9.17) is 16.3 Å². The predicted octanol–water partition coefficient (Wildman–Crippen LogP) is 4.82. The number of rotatable bonds is 4. The molecule has 0 aliphatic carbocycles. The largest absolute Gasteiger partial charge is 0.449 e. The Morgan fingerprint density at radius 2 is 1.56 bits per heavy atom. The molecule has 1 amide bonds. The third-order valence-electron chi connectivity index (χ3n) is 3.75. The number of benzene rings is 2. The van der Waals surface area contributed by atoms with E-state index in [2.05, 4.69) is 26.1 Å². The van der Waals surface area contributed by atoms with Gasteiger partial charge in [-0.3, -0.25) is 4.79 Å². The van der Waals surface area contributed by atoms with Gasteiger partial charge in [0.25, 0.3) is 5.91 Å². The quantitative estimate of drug-likeness (QED) is 0.796. The molecule has 5 heteroatoms. The summed E-state index contributed by atoms with van der Waals surface area (Å²) in [5.41, 5.74) is 2.14. The summed E-state index contributed by atoms with van der Waals surface area (Å²) in [5.74, 6) is -0.929. The molecule has 0 saturated carbocycles. The summed E-state index contributed by atoms with van der Waals surface area (Å²) in [4.78, 5) is 24.3. The summed E-state index contributed by atoms with van der Waals surface area (Å²) in [6.07, 6.45) is -0.912. The number of carbonyl (C=O) groups excluding carboxylic acids is 2. The molecule has 0 aliphatic heterocycles. The van der Waals surface area contributed by atoms with Crippen LogP contribution >= 0.6 is 11.6 Å². The van der Waals surface area contributed by atoms with Crippen LogP contribution in [0.5, 0.6) is 0 Å². The van der Waals surface area contributed by atoms with Gasteiger partial charge in [-0.15, -0.1) is 0 Å². The number of anilines is 1. The molecule has 0 radical (unpaired) electrons. The lowest BCUT2D eigenvalue weighted by Crippen LogP contribution is -2.30. The molecule has 132 valence electrons. The van der Waals surface area contributed by atoms with E-state index in [9.17, 15) is 9.59 Å². The van der Waals surface area contributed by atoms with Crippen molar-refractivity contribution < 1.29 is 14.3 Å². The van der Waals surface area contributed by atoms with E-state index in [1.807, 2.05) is 12.1 Å². The van der Waals surface area contributed by atoms with Gasteiger partial charge < -0.3 is 10.1 Å². The second-order valence-electron chi connectivity index (χ2n) is 6.87. The Labute approximate surface area is 153 Å². The standard InChI is InChI=1S/C20H22ClNO3/c1-13(18(23)22-17-11-9-16(21)10-12-17)25-19(24)14-5-7-15(8-6-14)20(2,3)4/h5-13H,1-4H3,(H,22,23)/t13-/m1/s1. The van der Waals surface area contributed by atoms with Crippen LogP contribution in [0.25, 0.3) is 0 Å². The van der Waals surface area contributed by atoms with Crippen molar-refractivity contribution >= 4 is 29.2 Å². The van der Waals surface area contributed by atoms with Gasteiger partial charge in [0, 0.05) is 10.7 Å². The van der Waals surface area contributed by atoms with Crippen molar-refractivity contribution in [3.05, 3.63) is 64.7 Å². The van der Waals surface area contributed by atoms with Crippen molar-refractivity contribution in [1.82, 2.24) is 0 Å². The molecule has 1 N–H and O–H groups in total. The molecule has 25 heavy (non-hydrogen) atoms. The van der Waals surface area contributed by atoms with Gasteiger partial charge >= 0.3 is 5.97 Å². The highest BCUT2D eigenvalue weighted by atomic mass is 35.5. The fraction of sp³-hybridized carbons (Fsp3) is 0.300. The predicted molar refractivity (Wildman–Crippen MR) is 100 cm³/mol. The fourth-order valence-corrected chi connectivity index (χ4v) is 2.29. The molecule has 2 aromatic carbocycles. The second kappa shape index (κ2) is 7.70. The number of hydrogen-bond acceptors (Lipinski definition) is 3. The zero-order valence-corrected chi connectivity index (χ0v) is 15.6. The average Bonchev–Trinajstić information content (AvgIpc) is 2.56. The SMILES string of the molecule is C[C@@H](OC(=O)c1ccc(C(C)(C)C)cc1)C(=O)Nc1ccc(Cl)cc1. The van der Waals surface area contributed by atoms with E-state index in [1.165, 1.54) is 6.92 Å². The van der Waals surface area contributed by atoms with Crippen molar-refractivity contribution in [2.24, 2.45) is 0 Å².